The number of para-hydroxylation sites is 1. The van der Waals surface area contributed by atoms with Gasteiger partial charge in [0, 0.05) is 11.9 Å². The number of benzene rings is 2. The molecule has 32 heavy (non-hydrogen) atoms. The Kier molecular flexibility index (Phi) is 6.30. The van der Waals surface area contributed by atoms with Gasteiger partial charge in [-0.2, -0.15) is 0 Å². The van der Waals surface area contributed by atoms with Crippen molar-refractivity contribution in [1.82, 2.24) is 4.90 Å². The van der Waals surface area contributed by atoms with Crippen LogP contribution in [0.2, 0.25) is 0 Å². The molecule has 1 aromatic heterocycles. The van der Waals surface area contributed by atoms with Gasteiger partial charge < -0.3 is 19.2 Å². The van der Waals surface area contributed by atoms with Gasteiger partial charge in [-0.3, -0.25) is 9.59 Å². The van der Waals surface area contributed by atoms with Crippen molar-refractivity contribution >= 4 is 22.7 Å². The minimum absolute atomic E-state index is 0.0437. The van der Waals surface area contributed by atoms with Crippen LogP contribution in [-0.4, -0.2) is 34.8 Å². The van der Waals surface area contributed by atoms with Gasteiger partial charge in [0.2, 0.25) is 5.78 Å². The number of aliphatic hydroxyl groups excluding tert-OH is 1. The summed E-state index contributed by atoms with van der Waals surface area (Å²) in [6.45, 7) is 5.10. The summed E-state index contributed by atoms with van der Waals surface area (Å²) in [6, 6.07) is 15.6. The number of ether oxygens (including phenoxy) is 1. The van der Waals surface area contributed by atoms with E-state index in [0.29, 0.717) is 25.2 Å². The van der Waals surface area contributed by atoms with E-state index in [1.165, 1.54) is 4.90 Å². The van der Waals surface area contributed by atoms with Crippen molar-refractivity contribution in [2.45, 2.75) is 39.2 Å². The van der Waals surface area contributed by atoms with Crippen molar-refractivity contribution in [1.29, 1.82) is 0 Å². The number of hydrogen-bond acceptors (Lipinski definition) is 5. The molecule has 166 valence electrons. The standard InChI is InChI=1S/C26H27NO5/c1-3-5-15-31-19-12-10-17(11-13-19)23-22(25(29)26(30)27(23)14-4-2)24(28)21-16-18-8-6-7-9-20(18)32-21/h6-13,16,23,29H,3-5,14-15H2,1-2H3. The molecule has 0 radical (unpaired) electrons. The van der Waals surface area contributed by atoms with Crippen molar-refractivity contribution < 1.29 is 23.8 Å². The summed E-state index contributed by atoms with van der Waals surface area (Å²) in [6.07, 6.45) is 2.71. The van der Waals surface area contributed by atoms with Crippen molar-refractivity contribution in [3.05, 3.63) is 77.3 Å². The molecular weight excluding hydrogens is 406 g/mol. The largest absolute Gasteiger partial charge is 0.503 e. The Morgan fingerprint density at radius 2 is 1.84 bits per heavy atom. The first kappa shape index (κ1) is 21.7. The third-order valence-electron chi connectivity index (χ3n) is 5.62. The average Bonchev–Trinajstić information content (AvgIpc) is 3.35. The molecule has 1 aliphatic rings. The SMILES string of the molecule is CCCCOc1ccc(C2C(C(=O)c3cc4ccccc4o3)=C(O)C(=O)N2CCC)cc1. The third-order valence-corrected chi connectivity index (χ3v) is 5.62. The van der Waals surface area contributed by atoms with Crippen LogP contribution < -0.4 is 4.74 Å². The van der Waals surface area contributed by atoms with Gasteiger partial charge in [0.05, 0.1) is 18.2 Å². The Labute approximate surface area is 187 Å². The first-order chi connectivity index (χ1) is 15.5. The Hall–Kier alpha value is -3.54. The van der Waals surface area contributed by atoms with E-state index in [1.807, 2.05) is 49.4 Å². The predicted molar refractivity (Wildman–Crippen MR) is 122 cm³/mol. The van der Waals surface area contributed by atoms with E-state index >= 15 is 0 Å². The average molecular weight is 434 g/mol. The van der Waals surface area contributed by atoms with Crippen LogP contribution >= 0.6 is 0 Å². The molecule has 1 atom stereocenters. The topological polar surface area (TPSA) is 80.0 Å². The number of carbonyl (C=O) groups is 2. The number of aliphatic hydroxyl groups is 1. The molecule has 0 bridgehead atoms. The molecule has 3 aromatic rings. The fourth-order valence-corrected chi connectivity index (χ4v) is 4.01. The molecule has 2 aromatic carbocycles. The van der Waals surface area contributed by atoms with Gasteiger partial charge in [0.15, 0.2) is 11.5 Å². The Bertz CT molecular complexity index is 1130. The van der Waals surface area contributed by atoms with Crippen LogP contribution in [0.4, 0.5) is 0 Å². The summed E-state index contributed by atoms with van der Waals surface area (Å²) < 4.78 is 11.5. The number of furan rings is 1. The van der Waals surface area contributed by atoms with Gasteiger partial charge in [0.1, 0.15) is 11.3 Å². The van der Waals surface area contributed by atoms with Gasteiger partial charge in [0.25, 0.3) is 5.91 Å². The number of hydrogen-bond donors (Lipinski definition) is 1. The molecule has 2 heterocycles. The second-order valence-electron chi connectivity index (χ2n) is 7.91. The zero-order chi connectivity index (χ0) is 22.7. The number of rotatable bonds is 9. The number of ketones is 1. The smallest absolute Gasteiger partial charge is 0.290 e. The zero-order valence-electron chi connectivity index (χ0n) is 18.3. The molecule has 1 amide bonds. The number of fused-ring (bicyclic) bond motifs is 1. The maximum Gasteiger partial charge on any atom is 0.290 e. The van der Waals surface area contributed by atoms with Crippen LogP contribution in [0, 0.1) is 0 Å². The highest BCUT2D eigenvalue weighted by Crippen LogP contribution is 2.40. The quantitative estimate of drug-likeness (QED) is 0.351. The van der Waals surface area contributed by atoms with Crippen LogP contribution in [0.1, 0.15) is 55.3 Å². The van der Waals surface area contributed by atoms with Gasteiger partial charge in [-0.1, -0.05) is 50.6 Å². The first-order valence-corrected chi connectivity index (χ1v) is 11.0. The van der Waals surface area contributed by atoms with Gasteiger partial charge in [-0.05, 0) is 42.7 Å². The molecule has 6 nitrogen and oxygen atoms in total. The molecule has 0 saturated heterocycles. The summed E-state index contributed by atoms with van der Waals surface area (Å²) in [4.78, 5) is 27.8. The molecule has 1 N–H and O–H groups in total. The number of nitrogens with zero attached hydrogens (tertiary/aromatic N) is 1. The van der Waals surface area contributed by atoms with E-state index in [0.717, 1.165) is 29.5 Å². The Balaban J connectivity index is 1.70. The Morgan fingerprint density at radius 3 is 2.53 bits per heavy atom. The van der Waals surface area contributed by atoms with E-state index in [2.05, 4.69) is 6.92 Å². The molecule has 1 unspecified atom stereocenters. The first-order valence-electron chi connectivity index (χ1n) is 11.0. The van der Waals surface area contributed by atoms with E-state index in [4.69, 9.17) is 9.15 Å². The van der Waals surface area contributed by atoms with Crippen molar-refractivity contribution in [3.63, 3.8) is 0 Å². The molecule has 0 spiro atoms. The van der Waals surface area contributed by atoms with Crippen molar-refractivity contribution in [2.75, 3.05) is 13.2 Å². The van der Waals surface area contributed by atoms with Gasteiger partial charge in [-0.25, -0.2) is 0 Å². The zero-order valence-corrected chi connectivity index (χ0v) is 18.3. The maximum atomic E-state index is 13.4. The molecular formula is C26H27NO5. The maximum absolute atomic E-state index is 13.4. The fraction of sp³-hybridized carbons (Fsp3) is 0.308. The molecule has 1 aliphatic heterocycles. The summed E-state index contributed by atoms with van der Waals surface area (Å²) in [5.74, 6) is -0.717. The molecule has 0 saturated carbocycles. The lowest BCUT2D eigenvalue weighted by Gasteiger charge is -2.26. The van der Waals surface area contributed by atoms with Crippen LogP contribution in [-0.2, 0) is 4.79 Å². The Morgan fingerprint density at radius 1 is 1.09 bits per heavy atom. The lowest BCUT2D eigenvalue weighted by atomic mass is 9.95. The summed E-state index contributed by atoms with van der Waals surface area (Å²) in [5, 5.41) is 11.5. The van der Waals surface area contributed by atoms with Gasteiger partial charge in [-0.15, -0.1) is 0 Å². The van der Waals surface area contributed by atoms with Gasteiger partial charge >= 0.3 is 0 Å². The highest BCUT2D eigenvalue weighted by atomic mass is 16.5. The number of unbranched alkanes of at least 4 members (excludes halogenated alkanes) is 1. The summed E-state index contributed by atoms with van der Waals surface area (Å²) >= 11 is 0. The van der Waals surface area contributed by atoms with E-state index in [1.54, 1.807) is 12.1 Å². The number of Topliss-reactive ketones (excluding diaryl/α,β-unsaturated/α-hetero) is 1. The highest BCUT2D eigenvalue weighted by Gasteiger charge is 2.44. The molecule has 0 aliphatic carbocycles. The van der Waals surface area contributed by atoms with Crippen LogP contribution in [0.15, 0.2) is 70.3 Å². The molecule has 6 heteroatoms. The normalized spacial score (nSPS) is 16.2. The fourth-order valence-electron chi connectivity index (χ4n) is 4.01. The van der Waals surface area contributed by atoms with Crippen LogP contribution in [0.25, 0.3) is 11.0 Å². The lowest BCUT2D eigenvalue weighted by molar-refractivity contribution is -0.129. The second-order valence-corrected chi connectivity index (χ2v) is 7.91. The summed E-state index contributed by atoms with van der Waals surface area (Å²) in [5.41, 5.74) is 1.36. The van der Waals surface area contributed by atoms with Crippen LogP contribution in [0.5, 0.6) is 5.75 Å². The number of amides is 1. The highest BCUT2D eigenvalue weighted by molar-refractivity contribution is 6.16. The third kappa shape index (κ3) is 4.00. The minimum Gasteiger partial charge on any atom is -0.503 e. The van der Waals surface area contributed by atoms with E-state index in [-0.39, 0.29) is 11.3 Å². The second kappa shape index (κ2) is 9.30. The number of carbonyl (C=O) groups excluding carboxylic acids is 2. The predicted octanol–water partition coefficient (Wildman–Crippen LogP) is 5.60. The van der Waals surface area contributed by atoms with E-state index in [9.17, 15) is 14.7 Å². The molecule has 4 rings (SSSR count). The molecule has 0 fully saturated rings. The van der Waals surface area contributed by atoms with Crippen molar-refractivity contribution in [3.8, 4) is 5.75 Å². The summed E-state index contributed by atoms with van der Waals surface area (Å²) in [7, 11) is 0. The lowest BCUT2D eigenvalue weighted by Crippen LogP contribution is -2.31. The van der Waals surface area contributed by atoms with E-state index < -0.39 is 23.5 Å². The minimum atomic E-state index is -0.687. The van der Waals surface area contributed by atoms with Crippen molar-refractivity contribution in [2.24, 2.45) is 0 Å². The van der Waals surface area contributed by atoms with Crippen LogP contribution in [0.3, 0.4) is 0 Å². The monoisotopic (exact) mass is 433 g/mol.